The Bertz CT molecular complexity index is 1480. The van der Waals surface area contributed by atoms with Crippen molar-refractivity contribution < 1.29 is 14.3 Å². The molecule has 0 spiro atoms. The quantitative estimate of drug-likeness (QED) is 0.319. The summed E-state index contributed by atoms with van der Waals surface area (Å²) in [6, 6.07) is 15.2. The average Bonchev–Trinajstić information content (AvgIpc) is 3.40. The highest BCUT2D eigenvalue weighted by atomic mass is 16.5. The summed E-state index contributed by atoms with van der Waals surface area (Å²) in [4.78, 5) is 34.8. The van der Waals surface area contributed by atoms with Crippen LogP contribution in [-0.4, -0.2) is 39.4 Å². The topological polar surface area (TPSA) is 76.5 Å². The van der Waals surface area contributed by atoms with Crippen molar-refractivity contribution in [1.29, 1.82) is 0 Å². The number of aryl methyl sites for hydroxylation is 2. The van der Waals surface area contributed by atoms with E-state index in [1.807, 2.05) is 67.1 Å². The number of methoxy groups -OCH3 is 1. The SMILES string of the molecule is COc1cccc(C2=CC(N(C(=O)Cn3ccnc3C)C(C(=O)NC3CCCCC3)c3ccccc3C)=CC(C)C2)c1. The van der Waals surface area contributed by atoms with Crippen molar-refractivity contribution >= 4 is 17.4 Å². The normalized spacial score (nSPS) is 18.0. The number of carbonyl (C=O) groups is 2. The smallest absolute Gasteiger partial charge is 0.248 e. The highest BCUT2D eigenvalue weighted by Crippen LogP contribution is 2.37. The predicted octanol–water partition coefficient (Wildman–Crippen LogP) is 6.53. The molecular formula is C35H42N4O3. The minimum absolute atomic E-state index is 0.0823. The number of benzene rings is 2. The summed E-state index contributed by atoms with van der Waals surface area (Å²) < 4.78 is 7.34. The van der Waals surface area contributed by atoms with E-state index in [0.717, 1.165) is 71.6 Å². The predicted molar refractivity (Wildman–Crippen MR) is 166 cm³/mol. The van der Waals surface area contributed by atoms with Gasteiger partial charge in [0.15, 0.2) is 0 Å². The van der Waals surface area contributed by atoms with Gasteiger partial charge in [0.1, 0.15) is 24.2 Å². The van der Waals surface area contributed by atoms with Gasteiger partial charge in [0, 0.05) is 24.1 Å². The summed E-state index contributed by atoms with van der Waals surface area (Å²) in [5.74, 6) is 1.40. The van der Waals surface area contributed by atoms with E-state index in [1.54, 1.807) is 18.2 Å². The van der Waals surface area contributed by atoms with E-state index in [-0.39, 0.29) is 30.3 Å². The van der Waals surface area contributed by atoms with Gasteiger partial charge in [-0.2, -0.15) is 0 Å². The number of imidazole rings is 1. The van der Waals surface area contributed by atoms with Crippen molar-refractivity contribution in [3.05, 3.63) is 101 Å². The Morgan fingerprint density at radius 1 is 1.10 bits per heavy atom. The molecular weight excluding hydrogens is 524 g/mol. The molecule has 2 amide bonds. The first-order valence-electron chi connectivity index (χ1n) is 15.1. The Balaban J connectivity index is 1.62. The Morgan fingerprint density at radius 2 is 1.88 bits per heavy atom. The van der Waals surface area contributed by atoms with Crippen LogP contribution in [0.1, 0.15) is 74.0 Å². The van der Waals surface area contributed by atoms with Gasteiger partial charge in [0.2, 0.25) is 11.8 Å². The minimum Gasteiger partial charge on any atom is -0.497 e. The first-order valence-corrected chi connectivity index (χ1v) is 15.1. The highest BCUT2D eigenvalue weighted by molar-refractivity contribution is 5.91. The van der Waals surface area contributed by atoms with E-state index >= 15 is 0 Å². The third-order valence-corrected chi connectivity index (χ3v) is 8.48. The Morgan fingerprint density at radius 3 is 2.60 bits per heavy atom. The van der Waals surface area contributed by atoms with Crippen LogP contribution in [0.25, 0.3) is 5.57 Å². The molecule has 220 valence electrons. The van der Waals surface area contributed by atoms with Crippen LogP contribution in [0.3, 0.4) is 0 Å². The number of rotatable bonds is 9. The fourth-order valence-corrected chi connectivity index (χ4v) is 6.20. The summed E-state index contributed by atoms with van der Waals surface area (Å²) in [6.45, 7) is 6.13. The number of hydrogen-bond donors (Lipinski definition) is 1. The molecule has 42 heavy (non-hydrogen) atoms. The lowest BCUT2D eigenvalue weighted by Gasteiger charge is -2.36. The summed E-state index contributed by atoms with van der Waals surface area (Å²) in [7, 11) is 1.67. The van der Waals surface area contributed by atoms with Crippen LogP contribution < -0.4 is 10.1 Å². The van der Waals surface area contributed by atoms with Crippen molar-refractivity contribution in [3.63, 3.8) is 0 Å². The third-order valence-electron chi connectivity index (χ3n) is 8.48. The second-order valence-electron chi connectivity index (χ2n) is 11.6. The number of hydrogen-bond acceptors (Lipinski definition) is 4. The highest BCUT2D eigenvalue weighted by Gasteiger charge is 2.36. The van der Waals surface area contributed by atoms with Crippen LogP contribution >= 0.6 is 0 Å². The largest absolute Gasteiger partial charge is 0.497 e. The molecule has 0 aliphatic heterocycles. The van der Waals surface area contributed by atoms with Crippen LogP contribution in [0.4, 0.5) is 0 Å². The summed E-state index contributed by atoms with van der Waals surface area (Å²) in [5, 5.41) is 3.34. The molecule has 1 heterocycles. The van der Waals surface area contributed by atoms with Gasteiger partial charge in [0.05, 0.1) is 7.11 Å². The van der Waals surface area contributed by atoms with E-state index < -0.39 is 6.04 Å². The van der Waals surface area contributed by atoms with Crippen LogP contribution in [0.2, 0.25) is 0 Å². The molecule has 7 nitrogen and oxygen atoms in total. The molecule has 2 aliphatic carbocycles. The Hall–Kier alpha value is -4.13. The zero-order chi connectivity index (χ0) is 29.6. The van der Waals surface area contributed by atoms with Crippen LogP contribution in [-0.2, 0) is 16.1 Å². The summed E-state index contributed by atoms with van der Waals surface area (Å²) in [5.41, 5.74) is 4.69. The lowest BCUT2D eigenvalue weighted by molar-refractivity contribution is -0.139. The molecule has 5 rings (SSSR count). The Kier molecular flexibility index (Phi) is 9.25. The number of carbonyl (C=O) groups excluding carboxylic acids is 2. The van der Waals surface area contributed by atoms with Crippen LogP contribution in [0.5, 0.6) is 5.75 Å². The number of aromatic nitrogens is 2. The molecule has 3 aromatic rings. The zero-order valence-corrected chi connectivity index (χ0v) is 25.2. The van der Waals surface area contributed by atoms with Crippen molar-refractivity contribution in [2.75, 3.05) is 7.11 Å². The molecule has 0 radical (unpaired) electrons. The second kappa shape index (κ2) is 13.2. The molecule has 1 aromatic heterocycles. The van der Waals surface area contributed by atoms with Gasteiger partial charge in [-0.15, -0.1) is 0 Å². The lowest BCUT2D eigenvalue weighted by Crippen LogP contribution is -2.47. The molecule has 1 saturated carbocycles. The average molecular weight is 567 g/mol. The van der Waals surface area contributed by atoms with Crippen LogP contribution in [0.15, 0.2) is 78.8 Å². The maximum Gasteiger partial charge on any atom is 0.248 e. The fourth-order valence-electron chi connectivity index (χ4n) is 6.20. The Labute approximate surface area is 249 Å². The van der Waals surface area contributed by atoms with Crippen molar-refractivity contribution in [1.82, 2.24) is 19.8 Å². The van der Waals surface area contributed by atoms with E-state index in [0.29, 0.717) is 0 Å². The summed E-state index contributed by atoms with van der Waals surface area (Å²) in [6.07, 6.45) is 13.9. The lowest BCUT2D eigenvalue weighted by atomic mass is 9.88. The molecule has 2 atom stereocenters. The maximum absolute atomic E-state index is 14.4. The number of nitrogens with zero attached hydrogens (tertiary/aromatic N) is 3. The minimum atomic E-state index is -0.816. The molecule has 2 unspecified atom stereocenters. The van der Waals surface area contributed by atoms with Gasteiger partial charge in [-0.3, -0.25) is 14.5 Å². The van der Waals surface area contributed by atoms with Gasteiger partial charge < -0.3 is 14.6 Å². The van der Waals surface area contributed by atoms with Gasteiger partial charge in [0.25, 0.3) is 0 Å². The maximum atomic E-state index is 14.4. The summed E-state index contributed by atoms with van der Waals surface area (Å²) >= 11 is 0. The number of amides is 2. The van der Waals surface area contributed by atoms with Gasteiger partial charge in [-0.05, 0) is 79.5 Å². The fraction of sp³-hybridized carbons (Fsp3) is 0.400. The second-order valence-corrected chi connectivity index (χ2v) is 11.6. The van der Waals surface area contributed by atoms with E-state index in [1.165, 1.54) is 6.42 Å². The van der Waals surface area contributed by atoms with Crippen molar-refractivity contribution in [2.24, 2.45) is 5.92 Å². The number of ether oxygens (including phenoxy) is 1. The van der Waals surface area contributed by atoms with Crippen molar-refractivity contribution in [2.45, 2.75) is 77.9 Å². The van der Waals surface area contributed by atoms with Gasteiger partial charge in [-0.25, -0.2) is 4.98 Å². The first kappa shape index (κ1) is 29.4. The van der Waals surface area contributed by atoms with Gasteiger partial charge in [-0.1, -0.05) is 68.7 Å². The standard InChI is InChI=1S/C35H42N4O3/c1-24-19-28(27-12-10-15-31(22-27)42-4)21-30(20-24)39(33(40)23-38-18-17-36-26(38)3)34(32-16-9-8-11-25(32)2)35(41)37-29-13-6-5-7-14-29/h8-12,15-18,20-22,24,29,34H,5-7,13-14,19,23H2,1-4H3,(H,37,41). The molecule has 1 fully saturated rings. The zero-order valence-electron chi connectivity index (χ0n) is 25.2. The van der Waals surface area contributed by atoms with E-state index in [4.69, 9.17) is 4.74 Å². The van der Waals surface area contributed by atoms with E-state index in [2.05, 4.69) is 35.4 Å². The molecule has 7 heteroatoms. The monoisotopic (exact) mass is 566 g/mol. The molecule has 0 bridgehead atoms. The molecule has 0 saturated heterocycles. The third kappa shape index (κ3) is 6.67. The van der Waals surface area contributed by atoms with Gasteiger partial charge >= 0.3 is 0 Å². The van der Waals surface area contributed by atoms with Crippen molar-refractivity contribution in [3.8, 4) is 5.75 Å². The number of nitrogens with one attached hydrogen (secondary N) is 1. The molecule has 2 aliphatic rings. The number of allylic oxidation sites excluding steroid dienone is 3. The molecule has 1 N–H and O–H groups in total. The first-order chi connectivity index (χ1) is 20.3. The van der Waals surface area contributed by atoms with E-state index in [9.17, 15) is 9.59 Å². The van der Waals surface area contributed by atoms with Crippen LogP contribution in [0, 0.1) is 19.8 Å². The molecule has 2 aromatic carbocycles.